The first-order valence-electron chi connectivity index (χ1n) is 8.17. The molecule has 0 spiro atoms. The third-order valence-electron chi connectivity index (χ3n) is 3.82. The van der Waals surface area contributed by atoms with Crippen LogP contribution in [0.3, 0.4) is 0 Å². The van der Waals surface area contributed by atoms with Crippen LogP contribution in [0.2, 0.25) is 0 Å². The van der Waals surface area contributed by atoms with Gasteiger partial charge in [-0.3, -0.25) is 4.79 Å². The maximum Gasteiger partial charge on any atom is 0.248 e. The Kier molecular flexibility index (Phi) is 7.02. The molecule has 0 aliphatic carbocycles. The fraction of sp³-hybridized carbons (Fsp3) is 0.211. The largest absolute Gasteiger partial charge is 0.495 e. The predicted octanol–water partition coefficient (Wildman–Crippen LogP) is 2.27. The second-order valence-corrected chi connectivity index (χ2v) is 7.37. The summed E-state index contributed by atoms with van der Waals surface area (Å²) in [7, 11) is 2.03. The molecule has 2 aromatic rings. The van der Waals surface area contributed by atoms with E-state index in [9.17, 15) is 13.2 Å². The SMILES string of the molecule is CNS(=O)(=O)c1cc(/C=C/C(=O)Nc2ccc(OC)c(OC)c2)ccc1OC. The highest BCUT2D eigenvalue weighted by Gasteiger charge is 2.17. The van der Waals surface area contributed by atoms with E-state index in [1.54, 1.807) is 24.3 Å². The van der Waals surface area contributed by atoms with Crippen LogP contribution in [0, 0.1) is 0 Å². The molecule has 8 nitrogen and oxygen atoms in total. The van der Waals surface area contributed by atoms with Crippen LogP contribution in [-0.4, -0.2) is 42.7 Å². The Hall–Kier alpha value is -3.04. The number of hydrogen-bond donors (Lipinski definition) is 2. The van der Waals surface area contributed by atoms with Gasteiger partial charge in [0, 0.05) is 17.8 Å². The lowest BCUT2D eigenvalue weighted by Gasteiger charge is -2.10. The molecule has 150 valence electrons. The van der Waals surface area contributed by atoms with Crippen LogP contribution < -0.4 is 24.2 Å². The molecule has 0 radical (unpaired) electrons. The number of carbonyl (C=O) groups is 1. The van der Waals surface area contributed by atoms with Gasteiger partial charge in [0.25, 0.3) is 0 Å². The first-order valence-corrected chi connectivity index (χ1v) is 9.65. The Morgan fingerprint density at radius 2 is 1.57 bits per heavy atom. The number of benzene rings is 2. The van der Waals surface area contributed by atoms with Gasteiger partial charge >= 0.3 is 0 Å². The number of methoxy groups -OCH3 is 3. The standard InChI is InChI=1S/C19H22N2O6S/c1-20-28(23,24)18-11-13(5-8-16(18)26-3)6-10-19(22)21-14-7-9-15(25-2)17(12-14)27-4/h5-12,20H,1-4H3,(H,21,22)/b10-6+. The van der Waals surface area contributed by atoms with E-state index >= 15 is 0 Å². The molecule has 28 heavy (non-hydrogen) atoms. The Bertz CT molecular complexity index is 986. The van der Waals surface area contributed by atoms with E-state index < -0.39 is 10.0 Å². The quantitative estimate of drug-likeness (QED) is 0.652. The van der Waals surface area contributed by atoms with Crippen molar-refractivity contribution in [1.82, 2.24) is 4.72 Å². The molecule has 0 aliphatic heterocycles. The summed E-state index contributed by atoms with van der Waals surface area (Å²) in [5.74, 6) is 0.858. The van der Waals surface area contributed by atoms with Crippen LogP contribution in [0.5, 0.6) is 17.2 Å². The summed E-state index contributed by atoms with van der Waals surface area (Å²) >= 11 is 0. The Morgan fingerprint density at radius 1 is 0.929 bits per heavy atom. The van der Waals surface area contributed by atoms with Gasteiger partial charge in [0.2, 0.25) is 15.9 Å². The third kappa shape index (κ3) is 5.02. The topological polar surface area (TPSA) is 103 Å². The van der Waals surface area contributed by atoms with Crippen molar-refractivity contribution in [2.45, 2.75) is 4.90 Å². The van der Waals surface area contributed by atoms with Crippen molar-refractivity contribution < 1.29 is 27.4 Å². The smallest absolute Gasteiger partial charge is 0.248 e. The molecule has 0 atom stereocenters. The van der Waals surface area contributed by atoms with Crippen LogP contribution in [0.4, 0.5) is 5.69 Å². The fourth-order valence-corrected chi connectivity index (χ4v) is 3.31. The average molecular weight is 406 g/mol. The lowest BCUT2D eigenvalue weighted by Crippen LogP contribution is -2.19. The molecular formula is C19H22N2O6S. The summed E-state index contributed by atoms with van der Waals surface area (Å²) in [5.41, 5.74) is 1.05. The second kappa shape index (κ2) is 9.25. The number of ether oxygens (including phenoxy) is 3. The van der Waals surface area contributed by atoms with E-state index in [4.69, 9.17) is 14.2 Å². The van der Waals surface area contributed by atoms with Gasteiger partial charge in [-0.2, -0.15) is 0 Å². The summed E-state index contributed by atoms with van der Waals surface area (Å²) in [5, 5.41) is 2.70. The minimum atomic E-state index is -3.70. The lowest BCUT2D eigenvalue weighted by molar-refractivity contribution is -0.111. The number of anilines is 1. The van der Waals surface area contributed by atoms with Crippen LogP contribution in [0.25, 0.3) is 6.08 Å². The zero-order valence-electron chi connectivity index (χ0n) is 16.0. The maximum absolute atomic E-state index is 12.2. The van der Waals surface area contributed by atoms with Gasteiger partial charge in [-0.1, -0.05) is 6.07 Å². The molecule has 2 aromatic carbocycles. The minimum absolute atomic E-state index is 0.0139. The Labute approximate surface area is 164 Å². The van der Waals surface area contributed by atoms with Gasteiger partial charge in [0.15, 0.2) is 11.5 Å². The van der Waals surface area contributed by atoms with E-state index in [1.807, 2.05) is 0 Å². The molecule has 2 N–H and O–H groups in total. The minimum Gasteiger partial charge on any atom is -0.495 e. The Balaban J connectivity index is 2.19. The van der Waals surface area contributed by atoms with Gasteiger partial charge in [0.05, 0.1) is 21.3 Å². The number of nitrogens with one attached hydrogen (secondary N) is 2. The van der Waals surface area contributed by atoms with Gasteiger partial charge in [-0.15, -0.1) is 0 Å². The highest BCUT2D eigenvalue weighted by molar-refractivity contribution is 7.89. The lowest BCUT2D eigenvalue weighted by atomic mass is 10.2. The monoisotopic (exact) mass is 406 g/mol. The van der Waals surface area contributed by atoms with Crippen molar-refractivity contribution in [2.24, 2.45) is 0 Å². The third-order valence-corrected chi connectivity index (χ3v) is 5.26. The molecule has 2 rings (SSSR count). The van der Waals surface area contributed by atoms with Crippen molar-refractivity contribution >= 4 is 27.7 Å². The first-order chi connectivity index (χ1) is 13.3. The molecule has 0 saturated heterocycles. The van der Waals surface area contributed by atoms with E-state index in [2.05, 4.69) is 10.0 Å². The van der Waals surface area contributed by atoms with E-state index in [-0.39, 0.29) is 16.6 Å². The molecule has 0 fully saturated rings. The number of amides is 1. The molecule has 0 aliphatic rings. The van der Waals surface area contributed by atoms with Gasteiger partial charge < -0.3 is 19.5 Å². The van der Waals surface area contributed by atoms with E-state index in [1.165, 1.54) is 52.7 Å². The van der Waals surface area contributed by atoms with Crippen LogP contribution >= 0.6 is 0 Å². The molecular weight excluding hydrogens is 384 g/mol. The molecule has 0 aromatic heterocycles. The zero-order chi connectivity index (χ0) is 20.7. The number of carbonyl (C=O) groups excluding carboxylic acids is 1. The normalized spacial score (nSPS) is 11.3. The zero-order valence-corrected chi connectivity index (χ0v) is 16.8. The maximum atomic E-state index is 12.2. The molecule has 0 saturated carbocycles. The van der Waals surface area contributed by atoms with Crippen molar-refractivity contribution in [3.05, 3.63) is 48.0 Å². The summed E-state index contributed by atoms with van der Waals surface area (Å²) in [6.45, 7) is 0. The van der Waals surface area contributed by atoms with Crippen molar-refractivity contribution in [2.75, 3.05) is 33.7 Å². The highest BCUT2D eigenvalue weighted by Crippen LogP contribution is 2.30. The van der Waals surface area contributed by atoms with E-state index in [0.717, 1.165) is 0 Å². The summed E-state index contributed by atoms with van der Waals surface area (Å²) in [4.78, 5) is 12.2. The fourth-order valence-electron chi connectivity index (χ4n) is 2.39. The summed E-state index contributed by atoms with van der Waals surface area (Å²) < 4.78 is 41.9. The van der Waals surface area contributed by atoms with Crippen LogP contribution in [0.15, 0.2) is 47.4 Å². The van der Waals surface area contributed by atoms with Gasteiger partial charge in [0.1, 0.15) is 10.6 Å². The molecule has 9 heteroatoms. The molecule has 0 heterocycles. The molecule has 0 bridgehead atoms. The van der Waals surface area contributed by atoms with Crippen LogP contribution in [0.1, 0.15) is 5.56 Å². The van der Waals surface area contributed by atoms with E-state index in [0.29, 0.717) is 22.7 Å². The van der Waals surface area contributed by atoms with Gasteiger partial charge in [-0.05, 0) is 43.0 Å². The second-order valence-electron chi connectivity index (χ2n) is 5.51. The number of hydrogen-bond acceptors (Lipinski definition) is 6. The summed E-state index contributed by atoms with van der Waals surface area (Å²) in [6, 6.07) is 9.58. The first kappa shape index (κ1) is 21.3. The number of sulfonamides is 1. The van der Waals surface area contributed by atoms with Crippen LogP contribution in [-0.2, 0) is 14.8 Å². The number of rotatable bonds is 8. The predicted molar refractivity (Wildman–Crippen MR) is 106 cm³/mol. The molecule has 1 amide bonds. The highest BCUT2D eigenvalue weighted by atomic mass is 32.2. The summed E-state index contributed by atoms with van der Waals surface area (Å²) in [6.07, 6.45) is 2.80. The Morgan fingerprint density at radius 3 is 2.18 bits per heavy atom. The molecule has 0 unspecified atom stereocenters. The van der Waals surface area contributed by atoms with Crippen molar-refractivity contribution in [3.8, 4) is 17.2 Å². The van der Waals surface area contributed by atoms with Crippen molar-refractivity contribution in [3.63, 3.8) is 0 Å². The van der Waals surface area contributed by atoms with Crippen molar-refractivity contribution in [1.29, 1.82) is 0 Å². The average Bonchev–Trinajstić information content (AvgIpc) is 2.71. The van der Waals surface area contributed by atoms with Gasteiger partial charge in [-0.25, -0.2) is 13.1 Å².